The average Bonchev–Trinajstić information content (AvgIpc) is 3.24. The lowest BCUT2D eigenvalue weighted by atomic mass is 10.00. The van der Waals surface area contributed by atoms with Crippen molar-refractivity contribution in [3.8, 4) is 10.4 Å². The highest BCUT2D eigenvalue weighted by molar-refractivity contribution is 7.17. The van der Waals surface area contributed by atoms with E-state index in [0.29, 0.717) is 12.0 Å². The van der Waals surface area contributed by atoms with Crippen LogP contribution in [0, 0.1) is 12.8 Å². The number of fused-ring (bicyclic) bond motifs is 2. The molecular weight excluding hydrogens is 292 g/mol. The van der Waals surface area contributed by atoms with Gasteiger partial charge in [-0.2, -0.15) is 0 Å². The van der Waals surface area contributed by atoms with E-state index in [2.05, 4.69) is 35.3 Å². The molecule has 22 heavy (non-hydrogen) atoms. The van der Waals surface area contributed by atoms with Crippen molar-refractivity contribution < 1.29 is 4.79 Å². The van der Waals surface area contributed by atoms with Crippen molar-refractivity contribution in [1.82, 2.24) is 10.2 Å². The van der Waals surface area contributed by atoms with Crippen LogP contribution in [0.1, 0.15) is 21.7 Å². The Bertz CT molecular complexity index is 709. The molecule has 0 radical (unpaired) electrons. The molecule has 0 spiro atoms. The van der Waals surface area contributed by atoms with Crippen molar-refractivity contribution in [2.75, 3.05) is 19.6 Å². The molecule has 2 bridgehead atoms. The normalized spacial score (nSPS) is 26.3. The zero-order valence-electron chi connectivity index (χ0n) is 12.7. The number of hydrogen-bond donors (Lipinski definition) is 1. The Morgan fingerprint density at radius 2 is 2.09 bits per heavy atom. The summed E-state index contributed by atoms with van der Waals surface area (Å²) in [5, 5.41) is 3.24. The Balaban J connectivity index is 1.49. The monoisotopic (exact) mass is 312 g/mol. The van der Waals surface area contributed by atoms with Gasteiger partial charge in [0.1, 0.15) is 0 Å². The van der Waals surface area contributed by atoms with Gasteiger partial charge in [0, 0.05) is 24.0 Å². The zero-order chi connectivity index (χ0) is 15.1. The van der Waals surface area contributed by atoms with Gasteiger partial charge in [-0.05, 0) is 49.1 Å². The summed E-state index contributed by atoms with van der Waals surface area (Å²) in [5.41, 5.74) is 2.47. The highest BCUT2D eigenvalue weighted by atomic mass is 32.1. The topological polar surface area (TPSA) is 32.3 Å². The van der Waals surface area contributed by atoms with Crippen LogP contribution in [0.15, 0.2) is 36.4 Å². The van der Waals surface area contributed by atoms with Gasteiger partial charge >= 0.3 is 0 Å². The zero-order valence-corrected chi connectivity index (χ0v) is 13.5. The number of carbonyl (C=O) groups is 1. The van der Waals surface area contributed by atoms with Gasteiger partial charge in [-0.3, -0.25) is 4.79 Å². The fourth-order valence-electron chi connectivity index (χ4n) is 3.64. The van der Waals surface area contributed by atoms with Crippen molar-refractivity contribution in [3.05, 3.63) is 46.8 Å². The Morgan fingerprint density at radius 1 is 1.23 bits per heavy atom. The van der Waals surface area contributed by atoms with Crippen molar-refractivity contribution in [3.63, 3.8) is 0 Å². The van der Waals surface area contributed by atoms with Crippen LogP contribution >= 0.6 is 11.3 Å². The molecule has 1 N–H and O–H groups in total. The molecule has 3 nitrogen and oxygen atoms in total. The number of amides is 1. The quantitative estimate of drug-likeness (QED) is 0.944. The molecule has 0 saturated carbocycles. The maximum absolute atomic E-state index is 12.5. The summed E-state index contributed by atoms with van der Waals surface area (Å²) < 4.78 is 0. The smallest absolute Gasteiger partial charge is 0.261 e. The minimum absolute atomic E-state index is 0.0867. The molecule has 2 aromatic rings. The van der Waals surface area contributed by atoms with Crippen molar-refractivity contribution in [2.45, 2.75) is 19.4 Å². The molecule has 0 aliphatic carbocycles. The number of thiophene rings is 1. The van der Waals surface area contributed by atoms with E-state index in [9.17, 15) is 4.79 Å². The molecule has 3 heterocycles. The van der Waals surface area contributed by atoms with Gasteiger partial charge < -0.3 is 10.2 Å². The predicted octanol–water partition coefficient (Wildman–Crippen LogP) is 3.16. The molecule has 3 atom stereocenters. The number of nitrogens with one attached hydrogen (secondary N) is 1. The highest BCUT2D eigenvalue weighted by Gasteiger charge is 2.38. The lowest BCUT2D eigenvalue weighted by Crippen LogP contribution is -2.42. The maximum Gasteiger partial charge on any atom is 0.261 e. The third-order valence-corrected chi connectivity index (χ3v) is 6.01. The molecule has 1 aromatic heterocycles. The lowest BCUT2D eigenvalue weighted by Gasteiger charge is -2.22. The first-order valence-electron chi connectivity index (χ1n) is 7.90. The van der Waals surface area contributed by atoms with E-state index in [1.54, 1.807) is 11.3 Å². The molecular formula is C18H20N2OS. The van der Waals surface area contributed by atoms with Crippen LogP contribution in [0.2, 0.25) is 0 Å². The SMILES string of the molecule is Cc1ccccc1-c1ccc(C(=O)NC2CN3CC[C@H]2C3)s1. The molecule has 2 fully saturated rings. The third kappa shape index (κ3) is 2.46. The third-order valence-electron chi connectivity index (χ3n) is 4.89. The van der Waals surface area contributed by atoms with Crippen molar-refractivity contribution >= 4 is 17.2 Å². The summed E-state index contributed by atoms with van der Waals surface area (Å²) in [6.45, 7) is 5.49. The van der Waals surface area contributed by atoms with E-state index in [4.69, 9.17) is 0 Å². The van der Waals surface area contributed by atoms with Gasteiger partial charge in [0.2, 0.25) is 0 Å². The number of aryl methyl sites for hydroxylation is 1. The summed E-state index contributed by atoms with van der Waals surface area (Å²) in [5.74, 6) is 0.739. The fourth-order valence-corrected chi connectivity index (χ4v) is 4.64. The maximum atomic E-state index is 12.5. The van der Waals surface area contributed by atoms with Gasteiger partial charge in [-0.25, -0.2) is 0 Å². The Morgan fingerprint density at radius 3 is 2.82 bits per heavy atom. The molecule has 1 amide bonds. The van der Waals surface area contributed by atoms with Crippen LogP contribution in [0.3, 0.4) is 0 Å². The summed E-state index contributed by atoms with van der Waals surface area (Å²) in [7, 11) is 0. The molecule has 4 heteroatoms. The Labute approximate surface area is 135 Å². The molecule has 2 unspecified atom stereocenters. The van der Waals surface area contributed by atoms with Gasteiger partial charge in [0.15, 0.2) is 0 Å². The molecule has 2 saturated heterocycles. The first kappa shape index (κ1) is 14.0. The van der Waals surface area contributed by atoms with Gasteiger partial charge in [-0.15, -0.1) is 11.3 Å². The lowest BCUT2D eigenvalue weighted by molar-refractivity contribution is 0.0928. The van der Waals surface area contributed by atoms with E-state index in [1.807, 2.05) is 18.2 Å². The molecule has 2 aliphatic heterocycles. The molecule has 4 rings (SSSR count). The standard InChI is InChI=1S/C18H20N2OS/c1-12-4-2-3-5-14(12)16-6-7-17(22-16)18(21)19-15-11-20-9-8-13(15)10-20/h2-7,13,15H,8-11H2,1H3,(H,19,21)/t13-,15?/m0/s1. The largest absolute Gasteiger partial charge is 0.347 e. The number of piperidine rings is 1. The minimum atomic E-state index is 0.0867. The summed E-state index contributed by atoms with van der Waals surface area (Å²) in [4.78, 5) is 16.9. The van der Waals surface area contributed by atoms with Crippen LogP contribution in [0.4, 0.5) is 0 Å². The number of carbonyl (C=O) groups excluding carboxylic acids is 1. The van der Waals surface area contributed by atoms with Crippen LogP contribution in [-0.4, -0.2) is 36.5 Å². The minimum Gasteiger partial charge on any atom is -0.347 e. The fraction of sp³-hybridized carbons (Fsp3) is 0.389. The highest BCUT2D eigenvalue weighted by Crippen LogP contribution is 2.31. The van der Waals surface area contributed by atoms with E-state index >= 15 is 0 Å². The second-order valence-corrected chi connectivity index (χ2v) is 7.45. The van der Waals surface area contributed by atoms with Crippen LogP contribution in [0.25, 0.3) is 10.4 Å². The van der Waals surface area contributed by atoms with E-state index in [-0.39, 0.29) is 5.91 Å². The number of benzene rings is 1. The first-order chi connectivity index (χ1) is 10.7. The summed E-state index contributed by atoms with van der Waals surface area (Å²) >= 11 is 1.59. The van der Waals surface area contributed by atoms with Crippen molar-refractivity contribution in [1.29, 1.82) is 0 Å². The Hall–Kier alpha value is -1.65. The summed E-state index contributed by atoms with van der Waals surface area (Å²) in [6, 6.07) is 12.7. The van der Waals surface area contributed by atoms with Gasteiger partial charge in [-0.1, -0.05) is 24.3 Å². The second kappa shape index (κ2) is 5.52. The van der Waals surface area contributed by atoms with Crippen LogP contribution < -0.4 is 5.32 Å². The van der Waals surface area contributed by atoms with Crippen LogP contribution in [0.5, 0.6) is 0 Å². The van der Waals surface area contributed by atoms with Crippen LogP contribution in [-0.2, 0) is 0 Å². The van der Waals surface area contributed by atoms with Crippen molar-refractivity contribution in [2.24, 2.45) is 5.92 Å². The van der Waals surface area contributed by atoms with E-state index < -0.39 is 0 Å². The first-order valence-corrected chi connectivity index (χ1v) is 8.71. The average molecular weight is 312 g/mol. The van der Waals surface area contributed by atoms with E-state index in [0.717, 1.165) is 18.0 Å². The van der Waals surface area contributed by atoms with E-state index in [1.165, 1.54) is 29.0 Å². The predicted molar refractivity (Wildman–Crippen MR) is 90.3 cm³/mol. The summed E-state index contributed by atoms with van der Waals surface area (Å²) in [6.07, 6.45) is 1.23. The number of hydrogen-bond acceptors (Lipinski definition) is 3. The number of nitrogens with zero attached hydrogens (tertiary/aromatic N) is 1. The second-order valence-electron chi connectivity index (χ2n) is 6.37. The van der Waals surface area contributed by atoms with Gasteiger partial charge in [0.25, 0.3) is 5.91 Å². The molecule has 1 aromatic carbocycles. The number of rotatable bonds is 3. The molecule has 114 valence electrons. The van der Waals surface area contributed by atoms with Gasteiger partial charge in [0.05, 0.1) is 4.88 Å². The molecule has 2 aliphatic rings. The Kier molecular flexibility index (Phi) is 3.51.